The van der Waals surface area contributed by atoms with E-state index in [0.29, 0.717) is 62.8 Å². The third-order valence-electron chi connectivity index (χ3n) is 7.08. The summed E-state index contributed by atoms with van der Waals surface area (Å²) in [5.41, 5.74) is -0.271. The van der Waals surface area contributed by atoms with E-state index in [9.17, 15) is 18.8 Å². The van der Waals surface area contributed by atoms with Crippen LogP contribution < -0.4 is 0 Å². The Hall–Kier alpha value is -3.01. The molecule has 3 aliphatic heterocycles. The molecule has 0 aliphatic carbocycles. The molecule has 10 heteroatoms. The number of halogens is 2. The Morgan fingerprint density at radius 3 is 2.25 bits per heavy atom. The molecule has 3 aliphatic rings. The Morgan fingerprint density at radius 1 is 0.889 bits per heavy atom. The molecule has 0 aromatic heterocycles. The fourth-order valence-electron chi connectivity index (χ4n) is 5.15. The van der Waals surface area contributed by atoms with Crippen molar-refractivity contribution in [2.75, 3.05) is 46.0 Å². The zero-order valence-electron chi connectivity index (χ0n) is 19.7. The van der Waals surface area contributed by atoms with Crippen LogP contribution >= 0.6 is 11.6 Å². The average Bonchev–Trinajstić information content (AvgIpc) is 3.27. The van der Waals surface area contributed by atoms with Gasteiger partial charge in [0.05, 0.1) is 19.8 Å². The second-order valence-electron chi connectivity index (χ2n) is 9.20. The summed E-state index contributed by atoms with van der Waals surface area (Å²) in [5, 5.41) is 0.481. The minimum Gasteiger partial charge on any atom is -0.378 e. The number of likely N-dealkylation sites (tertiary alicyclic amines) is 1. The molecule has 2 aromatic carbocycles. The Morgan fingerprint density at radius 2 is 1.58 bits per heavy atom. The number of benzene rings is 2. The Bertz CT molecular complexity index is 1150. The number of piperidine rings is 1. The van der Waals surface area contributed by atoms with Gasteiger partial charge in [-0.15, -0.1) is 0 Å². The van der Waals surface area contributed by atoms with Gasteiger partial charge in [-0.3, -0.25) is 19.3 Å². The molecule has 3 fully saturated rings. The van der Waals surface area contributed by atoms with E-state index < -0.39 is 23.5 Å². The predicted molar refractivity (Wildman–Crippen MR) is 129 cm³/mol. The quantitative estimate of drug-likeness (QED) is 0.628. The molecule has 1 unspecified atom stereocenters. The van der Waals surface area contributed by atoms with Crippen LogP contribution in [0.4, 0.5) is 4.39 Å². The smallest absolute Gasteiger partial charge is 0.256 e. The number of rotatable bonds is 3. The minimum atomic E-state index is -1.04. The predicted octanol–water partition coefficient (Wildman–Crippen LogP) is 2.81. The third kappa shape index (κ3) is 4.70. The van der Waals surface area contributed by atoms with Gasteiger partial charge < -0.3 is 19.3 Å². The standard InChI is InChI=1S/C26H27ClFN3O5/c27-20-3-1-2-19(16-20)23(32)29-10-8-26(9-11-29)31(24(33)18-4-6-21(28)7-5-18)22(17-36-26)25(34)30-12-14-35-15-13-30/h1-7,16,22H,8-15,17H2. The number of morpholine rings is 1. The Kier molecular flexibility index (Phi) is 6.96. The van der Waals surface area contributed by atoms with Gasteiger partial charge in [-0.05, 0) is 42.5 Å². The summed E-state index contributed by atoms with van der Waals surface area (Å²) in [7, 11) is 0. The first-order valence-electron chi connectivity index (χ1n) is 12.0. The molecule has 8 nitrogen and oxygen atoms in total. The van der Waals surface area contributed by atoms with Gasteiger partial charge in [-0.25, -0.2) is 4.39 Å². The lowest BCUT2D eigenvalue weighted by atomic mass is 9.96. The first-order chi connectivity index (χ1) is 17.4. The van der Waals surface area contributed by atoms with Crippen molar-refractivity contribution in [2.24, 2.45) is 0 Å². The summed E-state index contributed by atoms with van der Waals surface area (Å²) in [5.74, 6) is -1.19. The van der Waals surface area contributed by atoms with Crippen LogP contribution in [0.25, 0.3) is 0 Å². The third-order valence-corrected chi connectivity index (χ3v) is 7.32. The van der Waals surface area contributed by atoms with Gasteiger partial charge in [-0.1, -0.05) is 17.7 Å². The van der Waals surface area contributed by atoms with Crippen LogP contribution in [0.15, 0.2) is 48.5 Å². The van der Waals surface area contributed by atoms with Gasteiger partial charge >= 0.3 is 0 Å². The first-order valence-corrected chi connectivity index (χ1v) is 12.4. The maximum absolute atomic E-state index is 13.7. The van der Waals surface area contributed by atoms with E-state index in [-0.39, 0.29) is 24.0 Å². The molecule has 36 heavy (non-hydrogen) atoms. The van der Waals surface area contributed by atoms with E-state index in [4.69, 9.17) is 21.1 Å². The van der Waals surface area contributed by atoms with Crippen molar-refractivity contribution in [3.63, 3.8) is 0 Å². The highest BCUT2D eigenvalue weighted by molar-refractivity contribution is 6.30. The number of carbonyl (C=O) groups is 3. The van der Waals surface area contributed by atoms with Crippen molar-refractivity contribution in [3.8, 4) is 0 Å². The fraction of sp³-hybridized carbons (Fsp3) is 0.423. The van der Waals surface area contributed by atoms with Crippen LogP contribution in [-0.2, 0) is 14.3 Å². The highest BCUT2D eigenvalue weighted by atomic mass is 35.5. The normalized spacial score (nSPS) is 21.6. The van der Waals surface area contributed by atoms with Gasteiger partial charge in [0.25, 0.3) is 11.8 Å². The maximum Gasteiger partial charge on any atom is 0.256 e. The Balaban J connectivity index is 1.39. The van der Waals surface area contributed by atoms with Crippen LogP contribution in [-0.4, -0.2) is 90.2 Å². The van der Waals surface area contributed by atoms with E-state index in [1.54, 1.807) is 34.1 Å². The summed E-state index contributed by atoms with van der Waals surface area (Å²) < 4.78 is 25.1. The van der Waals surface area contributed by atoms with Crippen LogP contribution in [0.1, 0.15) is 33.6 Å². The summed E-state index contributed by atoms with van der Waals surface area (Å²) in [6.07, 6.45) is 0.693. The van der Waals surface area contributed by atoms with E-state index in [0.717, 1.165) is 0 Å². The zero-order chi connectivity index (χ0) is 25.3. The van der Waals surface area contributed by atoms with Crippen LogP contribution in [0.2, 0.25) is 5.02 Å². The van der Waals surface area contributed by atoms with Crippen molar-refractivity contribution in [1.29, 1.82) is 0 Å². The summed E-state index contributed by atoms with van der Waals surface area (Å²) >= 11 is 6.06. The molecule has 2 aromatic rings. The summed E-state index contributed by atoms with van der Waals surface area (Å²) in [6, 6.07) is 11.2. The average molecular weight is 516 g/mol. The lowest BCUT2D eigenvalue weighted by Gasteiger charge is -2.45. The SMILES string of the molecule is O=C(c1cccc(Cl)c1)N1CCC2(CC1)OCC(C(=O)N1CCOCC1)N2C(=O)c1ccc(F)cc1. The molecule has 190 valence electrons. The number of carbonyl (C=O) groups excluding carboxylic acids is 3. The number of hydrogen-bond acceptors (Lipinski definition) is 5. The molecule has 0 saturated carbocycles. The first kappa shape index (κ1) is 24.7. The molecule has 1 spiro atoms. The van der Waals surface area contributed by atoms with Gasteiger partial charge in [0.15, 0.2) is 0 Å². The molecule has 0 N–H and O–H groups in total. The summed E-state index contributed by atoms with van der Waals surface area (Å²) in [6.45, 7) is 2.53. The van der Waals surface area contributed by atoms with E-state index in [1.165, 1.54) is 29.2 Å². The number of hydrogen-bond donors (Lipinski definition) is 0. The van der Waals surface area contributed by atoms with Crippen molar-refractivity contribution in [2.45, 2.75) is 24.6 Å². The summed E-state index contributed by atoms with van der Waals surface area (Å²) in [4.78, 5) is 45.2. The monoisotopic (exact) mass is 515 g/mol. The number of ether oxygens (including phenoxy) is 2. The topological polar surface area (TPSA) is 79.4 Å². The lowest BCUT2D eigenvalue weighted by Crippen LogP contribution is -2.60. The zero-order valence-corrected chi connectivity index (χ0v) is 20.5. The minimum absolute atomic E-state index is 0.0609. The fourth-order valence-corrected chi connectivity index (χ4v) is 5.34. The maximum atomic E-state index is 13.7. The molecular formula is C26H27ClFN3O5. The Labute approximate surface area is 213 Å². The van der Waals surface area contributed by atoms with Crippen molar-refractivity contribution < 1.29 is 28.2 Å². The second kappa shape index (κ2) is 10.2. The highest BCUT2D eigenvalue weighted by Gasteiger charge is 2.55. The molecular weight excluding hydrogens is 489 g/mol. The van der Waals surface area contributed by atoms with E-state index >= 15 is 0 Å². The van der Waals surface area contributed by atoms with Crippen molar-refractivity contribution in [3.05, 3.63) is 70.5 Å². The van der Waals surface area contributed by atoms with Crippen LogP contribution in [0.3, 0.4) is 0 Å². The van der Waals surface area contributed by atoms with Gasteiger partial charge in [0, 0.05) is 55.2 Å². The highest BCUT2D eigenvalue weighted by Crippen LogP contribution is 2.39. The number of nitrogens with zero attached hydrogens (tertiary/aromatic N) is 3. The lowest BCUT2D eigenvalue weighted by molar-refractivity contribution is -0.141. The molecule has 3 heterocycles. The second-order valence-corrected chi connectivity index (χ2v) is 9.63. The molecule has 0 bridgehead atoms. The largest absolute Gasteiger partial charge is 0.378 e. The molecule has 1 atom stereocenters. The number of amides is 3. The molecule has 3 saturated heterocycles. The van der Waals surface area contributed by atoms with E-state index in [1.807, 2.05) is 0 Å². The van der Waals surface area contributed by atoms with Crippen molar-refractivity contribution in [1.82, 2.24) is 14.7 Å². The van der Waals surface area contributed by atoms with Crippen molar-refractivity contribution >= 4 is 29.3 Å². The van der Waals surface area contributed by atoms with Crippen LogP contribution in [0.5, 0.6) is 0 Å². The molecule has 5 rings (SSSR count). The van der Waals surface area contributed by atoms with Gasteiger partial charge in [-0.2, -0.15) is 0 Å². The van der Waals surface area contributed by atoms with E-state index in [2.05, 4.69) is 0 Å². The molecule has 0 radical (unpaired) electrons. The van der Waals surface area contributed by atoms with Gasteiger partial charge in [0.2, 0.25) is 5.91 Å². The van der Waals surface area contributed by atoms with Crippen LogP contribution in [0, 0.1) is 5.82 Å². The molecule has 3 amide bonds. The van der Waals surface area contributed by atoms with Gasteiger partial charge in [0.1, 0.15) is 17.6 Å².